The molecule has 0 aliphatic carbocycles. The molecule has 0 aliphatic heterocycles. The third kappa shape index (κ3) is 3.24. The Bertz CT molecular complexity index is 707. The van der Waals surface area contributed by atoms with Crippen molar-refractivity contribution in [2.75, 3.05) is 0 Å². The highest BCUT2D eigenvalue weighted by molar-refractivity contribution is 7.89. The maximum absolute atomic E-state index is 12.2. The van der Waals surface area contributed by atoms with Crippen molar-refractivity contribution in [1.29, 1.82) is 0 Å². The van der Waals surface area contributed by atoms with Gasteiger partial charge >= 0.3 is 0 Å². The van der Waals surface area contributed by atoms with Gasteiger partial charge in [0, 0.05) is 25.4 Å². The molecule has 0 aliphatic rings. The molecule has 2 aromatic rings. The van der Waals surface area contributed by atoms with E-state index in [9.17, 15) is 13.5 Å². The Morgan fingerprint density at radius 2 is 2.15 bits per heavy atom. The normalized spacial score (nSPS) is 11.8. The number of nitrogens with zero attached hydrogens (tertiary/aromatic N) is 2. The first kappa shape index (κ1) is 14.7. The van der Waals surface area contributed by atoms with Crippen LogP contribution in [0.25, 0.3) is 0 Å². The van der Waals surface area contributed by atoms with Crippen LogP contribution in [0.3, 0.4) is 0 Å². The Hall–Kier alpha value is -1.70. The molecule has 0 unspecified atom stereocenters. The number of aromatic nitrogens is 2. The molecule has 0 radical (unpaired) electrons. The van der Waals surface area contributed by atoms with Crippen molar-refractivity contribution in [1.82, 2.24) is 14.5 Å². The zero-order chi connectivity index (χ0) is 14.8. The maximum atomic E-state index is 12.2. The second kappa shape index (κ2) is 5.74. The van der Waals surface area contributed by atoms with Crippen molar-refractivity contribution < 1.29 is 13.5 Å². The number of aliphatic hydroxyl groups is 1. The Morgan fingerprint density at radius 3 is 2.75 bits per heavy atom. The van der Waals surface area contributed by atoms with Gasteiger partial charge in [0.2, 0.25) is 10.0 Å². The molecule has 20 heavy (non-hydrogen) atoms. The van der Waals surface area contributed by atoms with Crippen LogP contribution in [0.15, 0.2) is 35.5 Å². The molecule has 6 nitrogen and oxygen atoms in total. The van der Waals surface area contributed by atoms with Crippen LogP contribution >= 0.6 is 0 Å². The lowest BCUT2D eigenvalue weighted by atomic mass is 10.1. The summed E-state index contributed by atoms with van der Waals surface area (Å²) in [5.41, 5.74) is 2.25. The predicted molar refractivity (Wildman–Crippen MR) is 74.3 cm³/mol. The van der Waals surface area contributed by atoms with Crippen molar-refractivity contribution in [3.05, 3.63) is 47.3 Å². The number of sulfonamides is 1. The molecule has 1 aromatic carbocycles. The summed E-state index contributed by atoms with van der Waals surface area (Å²) in [5.74, 6) is 0. The highest BCUT2D eigenvalue weighted by atomic mass is 32.2. The number of rotatable bonds is 5. The van der Waals surface area contributed by atoms with Crippen LogP contribution in [0.4, 0.5) is 0 Å². The van der Waals surface area contributed by atoms with Gasteiger partial charge in [-0.05, 0) is 30.2 Å². The van der Waals surface area contributed by atoms with E-state index < -0.39 is 10.0 Å². The maximum Gasteiger partial charge on any atom is 0.240 e. The highest BCUT2D eigenvalue weighted by Gasteiger charge is 2.15. The van der Waals surface area contributed by atoms with Gasteiger partial charge in [-0.25, -0.2) is 13.1 Å². The number of nitrogens with one attached hydrogen (secondary N) is 1. The zero-order valence-electron chi connectivity index (χ0n) is 11.4. The second-order valence-electron chi connectivity index (χ2n) is 4.59. The van der Waals surface area contributed by atoms with Crippen molar-refractivity contribution in [2.45, 2.75) is 25.0 Å². The Morgan fingerprint density at radius 1 is 1.40 bits per heavy atom. The number of hydrogen-bond donors (Lipinski definition) is 2. The molecular weight excluding hydrogens is 278 g/mol. The van der Waals surface area contributed by atoms with Crippen molar-refractivity contribution in [2.24, 2.45) is 7.05 Å². The van der Waals surface area contributed by atoms with E-state index in [0.717, 1.165) is 11.1 Å². The molecule has 0 spiro atoms. The molecule has 2 rings (SSSR count). The van der Waals surface area contributed by atoms with Gasteiger partial charge in [0.1, 0.15) is 0 Å². The van der Waals surface area contributed by atoms with E-state index in [2.05, 4.69) is 9.82 Å². The number of aryl methyl sites for hydroxylation is 2. The van der Waals surface area contributed by atoms with Crippen molar-refractivity contribution in [3.8, 4) is 0 Å². The van der Waals surface area contributed by atoms with E-state index in [4.69, 9.17) is 0 Å². The van der Waals surface area contributed by atoms with Gasteiger partial charge in [0.05, 0.1) is 17.7 Å². The molecule has 1 heterocycles. The van der Waals surface area contributed by atoms with Gasteiger partial charge in [0.25, 0.3) is 0 Å². The Labute approximate surface area is 118 Å². The standard InChI is InChI=1S/C13H17N3O3S/c1-10-3-4-13(5-12(10)9-17)20(18,19)15-7-11-6-14-16(2)8-11/h3-6,8,15,17H,7,9H2,1-2H3. The lowest BCUT2D eigenvalue weighted by Gasteiger charge is -2.08. The first-order chi connectivity index (χ1) is 9.42. The third-order valence-corrected chi connectivity index (χ3v) is 4.42. The predicted octanol–water partition coefficient (Wildman–Crippen LogP) is 0.699. The molecule has 0 saturated heterocycles. The second-order valence-corrected chi connectivity index (χ2v) is 6.36. The van der Waals surface area contributed by atoms with E-state index in [0.29, 0.717) is 5.56 Å². The lowest BCUT2D eigenvalue weighted by Crippen LogP contribution is -2.23. The monoisotopic (exact) mass is 295 g/mol. The number of hydrogen-bond acceptors (Lipinski definition) is 4. The molecule has 0 bridgehead atoms. The van der Waals surface area contributed by atoms with Crippen LogP contribution in [-0.2, 0) is 30.2 Å². The molecule has 0 atom stereocenters. The average molecular weight is 295 g/mol. The number of benzene rings is 1. The minimum atomic E-state index is -3.60. The van der Waals surface area contributed by atoms with Crippen LogP contribution in [0, 0.1) is 6.92 Å². The fourth-order valence-electron chi connectivity index (χ4n) is 1.81. The fraction of sp³-hybridized carbons (Fsp3) is 0.308. The van der Waals surface area contributed by atoms with Crippen LogP contribution in [0.5, 0.6) is 0 Å². The summed E-state index contributed by atoms with van der Waals surface area (Å²) in [4.78, 5) is 0.149. The molecule has 0 amide bonds. The van der Waals surface area contributed by atoms with Crippen LogP contribution in [0.1, 0.15) is 16.7 Å². The smallest absolute Gasteiger partial charge is 0.240 e. The lowest BCUT2D eigenvalue weighted by molar-refractivity contribution is 0.280. The van der Waals surface area contributed by atoms with E-state index in [1.165, 1.54) is 12.1 Å². The van der Waals surface area contributed by atoms with Crippen molar-refractivity contribution in [3.63, 3.8) is 0 Å². The average Bonchev–Trinajstić information content (AvgIpc) is 2.83. The van der Waals surface area contributed by atoms with Gasteiger partial charge in [-0.3, -0.25) is 4.68 Å². The first-order valence-corrected chi connectivity index (χ1v) is 7.58. The summed E-state index contributed by atoms with van der Waals surface area (Å²) in [5, 5.41) is 13.2. The van der Waals surface area contributed by atoms with E-state index in [1.54, 1.807) is 30.2 Å². The largest absolute Gasteiger partial charge is 0.392 e. The third-order valence-electron chi connectivity index (χ3n) is 3.03. The summed E-state index contributed by atoms with van der Waals surface area (Å²) in [6.45, 7) is 1.82. The topological polar surface area (TPSA) is 84.2 Å². The molecule has 7 heteroatoms. The molecule has 0 saturated carbocycles. The molecule has 2 N–H and O–H groups in total. The molecule has 0 fully saturated rings. The molecular formula is C13H17N3O3S. The summed E-state index contributed by atoms with van der Waals surface area (Å²) in [6.07, 6.45) is 3.35. The number of aliphatic hydroxyl groups excluding tert-OH is 1. The Kier molecular flexibility index (Phi) is 4.22. The fourth-order valence-corrected chi connectivity index (χ4v) is 2.88. The quantitative estimate of drug-likeness (QED) is 0.850. The highest BCUT2D eigenvalue weighted by Crippen LogP contribution is 2.16. The summed E-state index contributed by atoms with van der Waals surface area (Å²) in [6, 6.07) is 4.70. The molecule has 1 aromatic heterocycles. The summed E-state index contributed by atoms with van der Waals surface area (Å²) >= 11 is 0. The van der Waals surface area contributed by atoms with Crippen LogP contribution < -0.4 is 4.72 Å². The first-order valence-electron chi connectivity index (χ1n) is 6.10. The van der Waals surface area contributed by atoms with E-state index in [1.807, 2.05) is 6.92 Å². The van der Waals surface area contributed by atoms with Gasteiger partial charge in [-0.1, -0.05) is 6.07 Å². The van der Waals surface area contributed by atoms with Crippen molar-refractivity contribution >= 4 is 10.0 Å². The summed E-state index contributed by atoms with van der Waals surface area (Å²) in [7, 11) is -1.83. The minimum absolute atomic E-state index is 0.149. The van der Waals surface area contributed by atoms with Gasteiger partial charge < -0.3 is 5.11 Å². The van der Waals surface area contributed by atoms with Gasteiger partial charge in [0.15, 0.2) is 0 Å². The van der Waals surface area contributed by atoms with E-state index >= 15 is 0 Å². The van der Waals surface area contributed by atoms with Crippen LogP contribution in [0.2, 0.25) is 0 Å². The van der Waals surface area contributed by atoms with E-state index in [-0.39, 0.29) is 18.0 Å². The zero-order valence-corrected chi connectivity index (χ0v) is 12.2. The summed E-state index contributed by atoms with van der Waals surface area (Å²) < 4.78 is 28.5. The van der Waals surface area contributed by atoms with Gasteiger partial charge in [-0.2, -0.15) is 5.10 Å². The minimum Gasteiger partial charge on any atom is -0.392 e. The van der Waals surface area contributed by atoms with Gasteiger partial charge in [-0.15, -0.1) is 0 Å². The Balaban J connectivity index is 2.17. The SMILES string of the molecule is Cc1ccc(S(=O)(=O)NCc2cnn(C)c2)cc1CO. The molecule has 108 valence electrons. The van der Waals surface area contributed by atoms with Crippen LogP contribution in [-0.4, -0.2) is 23.3 Å².